The first-order chi connectivity index (χ1) is 16.6. The molecule has 0 aromatic heterocycles. The van der Waals surface area contributed by atoms with E-state index in [1.807, 2.05) is 42.5 Å². The van der Waals surface area contributed by atoms with Crippen molar-refractivity contribution in [3.05, 3.63) is 77.9 Å². The summed E-state index contributed by atoms with van der Waals surface area (Å²) in [7, 11) is -4.16. The van der Waals surface area contributed by atoms with Crippen LogP contribution >= 0.6 is 0 Å². The van der Waals surface area contributed by atoms with Gasteiger partial charge in [0.15, 0.2) is 0 Å². The SMILES string of the molecule is Cc1ccc(S(=O)(=O)N[C@@H](CC(=O)O)C(=O)N[C@@H](C)C(=O)NCc2cccc3ccccc23)cc1. The van der Waals surface area contributed by atoms with Gasteiger partial charge in [0.1, 0.15) is 12.1 Å². The lowest BCUT2D eigenvalue weighted by Crippen LogP contribution is -2.53. The molecule has 0 bridgehead atoms. The van der Waals surface area contributed by atoms with Gasteiger partial charge >= 0.3 is 5.97 Å². The Balaban J connectivity index is 1.65. The third kappa shape index (κ3) is 6.87. The summed E-state index contributed by atoms with van der Waals surface area (Å²) in [5.74, 6) is -2.79. The monoisotopic (exact) mass is 497 g/mol. The molecule has 9 nitrogen and oxygen atoms in total. The number of fused-ring (bicyclic) bond motifs is 1. The molecule has 0 unspecified atom stereocenters. The molecule has 2 atom stereocenters. The second kappa shape index (κ2) is 11.1. The molecule has 10 heteroatoms. The van der Waals surface area contributed by atoms with E-state index in [0.717, 1.165) is 21.9 Å². The van der Waals surface area contributed by atoms with Crippen LogP contribution in [-0.2, 0) is 31.0 Å². The van der Waals surface area contributed by atoms with Gasteiger partial charge in [0.25, 0.3) is 0 Å². The number of rotatable bonds is 10. The molecule has 0 radical (unpaired) electrons. The van der Waals surface area contributed by atoms with Gasteiger partial charge in [-0.2, -0.15) is 4.72 Å². The van der Waals surface area contributed by atoms with Crippen LogP contribution in [0.3, 0.4) is 0 Å². The number of nitrogens with one attached hydrogen (secondary N) is 3. The third-order valence-corrected chi connectivity index (χ3v) is 6.90. The topological polar surface area (TPSA) is 142 Å². The molecule has 4 N–H and O–H groups in total. The summed E-state index contributed by atoms with van der Waals surface area (Å²) >= 11 is 0. The standard InChI is InChI=1S/C25H27N3O6S/c1-16-10-12-20(13-11-16)35(33,34)28-22(14-23(29)30)25(32)27-17(2)24(31)26-15-19-8-5-7-18-6-3-4-9-21(18)19/h3-13,17,22,28H,14-15H2,1-2H3,(H,26,31)(H,27,32)(H,29,30)/t17-,22-/m0/s1. The van der Waals surface area contributed by atoms with Gasteiger partial charge in [-0.3, -0.25) is 14.4 Å². The molecule has 3 aromatic rings. The molecule has 3 rings (SSSR count). The molecule has 0 saturated carbocycles. The summed E-state index contributed by atoms with van der Waals surface area (Å²) in [5, 5.41) is 16.3. The predicted molar refractivity (Wildman–Crippen MR) is 131 cm³/mol. The second-order valence-electron chi connectivity index (χ2n) is 8.17. The van der Waals surface area contributed by atoms with Crippen LogP contribution in [0.2, 0.25) is 0 Å². The number of aryl methyl sites for hydroxylation is 1. The van der Waals surface area contributed by atoms with Crippen LogP contribution in [0.1, 0.15) is 24.5 Å². The van der Waals surface area contributed by atoms with Crippen LogP contribution in [0.4, 0.5) is 0 Å². The van der Waals surface area contributed by atoms with Gasteiger partial charge in [-0.05, 0) is 42.3 Å². The number of hydrogen-bond acceptors (Lipinski definition) is 5. The van der Waals surface area contributed by atoms with E-state index in [0.29, 0.717) is 0 Å². The van der Waals surface area contributed by atoms with Crippen molar-refractivity contribution in [2.45, 2.75) is 43.8 Å². The number of benzene rings is 3. The molecular formula is C25H27N3O6S. The molecule has 0 aliphatic heterocycles. The van der Waals surface area contributed by atoms with Crippen molar-refractivity contribution in [1.82, 2.24) is 15.4 Å². The van der Waals surface area contributed by atoms with Crippen LogP contribution < -0.4 is 15.4 Å². The quantitative estimate of drug-likeness (QED) is 0.338. The van der Waals surface area contributed by atoms with Gasteiger partial charge in [0.05, 0.1) is 11.3 Å². The van der Waals surface area contributed by atoms with Gasteiger partial charge in [-0.25, -0.2) is 8.42 Å². The Morgan fingerprint density at radius 2 is 1.57 bits per heavy atom. The van der Waals surface area contributed by atoms with Crippen molar-refractivity contribution < 1.29 is 27.9 Å². The molecule has 0 aliphatic rings. The number of aliphatic carboxylic acids is 1. The van der Waals surface area contributed by atoms with Crippen LogP contribution in [0.25, 0.3) is 10.8 Å². The Labute approximate surface area is 203 Å². The molecular weight excluding hydrogens is 470 g/mol. The Hall–Kier alpha value is -3.76. The Bertz CT molecular complexity index is 1330. The average Bonchev–Trinajstić information content (AvgIpc) is 2.81. The van der Waals surface area contributed by atoms with Crippen molar-refractivity contribution in [2.24, 2.45) is 0 Å². The van der Waals surface area contributed by atoms with Gasteiger partial charge < -0.3 is 15.7 Å². The summed E-state index contributed by atoms with van der Waals surface area (Å²) in [6.07, 6.45) is -0.790. The molecule has 184 valence electrons. The summed E-state index contributed by atoms with van der Waals surface area (Å²) < 4.78 is 27.5. The first-order valence-corrected chi connectivity index (χ1v) is 12.4. The van der Waals surface area contributed by atoms with E-state index in [1.165, 1.54) is 19.1 Å². The number of amides is 2. The number of carbonyl (C=O) groups excluding carboxylic acids is 2. The highest BCUT2D eigenvalue weighted by Gasteiger charge is 2.29. The maximum atomic E-state index is 12.7. The smallest absolute Gasteiger partial charge is 0.305 e. The predicted octanol–water partition coefficient (Wildman–Crippen LogP) is 2.09. The largest absolute Gasteiger partial charge is 0.481 e. The van der Waals surface area contributed by atoms with Crippen molar-refractivity contribution >= 4 is 38.6 Å². The highest BCUT2D eigenvalue weighted by Crippen LogP contribution is 2.18. The van der Waals surface area contributed by atoms with Crippen LogP contribution in [0, 0.1) is 6.92 Å². The minimum Gasteiger partial charge on any atom is -0.481 e. The third-order valence-electron chi connectivity index (χ3n) is 5.41. The molecule has 0 saturated heterocycles. The summed E-state index contributed by atoms with van der Waals surface area (Å²) in [6.45, 7) is 3.44. The first kappa shape index (κ1) is 25.9. The molecule has 0 fully saturated rings. The van der Waals surface area contributed by atoms with E-state index < -0.39 is 46.3 Å². The molecule has 0 heterocycles. The number of carbonyl (C=O) groups is 3. The maximum Gasteiger partial charge on any atom is 0.305 e. The fourth-order valence-electron chi connectivity index (χ4n) is 3.50. The lowest BCUT2D eigenvalue weighted by molar-refractivity contribution is -0.139. The van der Waals surface area contributed by atoms with Crippen LogP contribution in [-0.4, -0.2) is 43.4 Å². The fourth-order valence-corrected chi connectivity index (χ4v) is 4.69. The van der Waals surface area contributed by atoms with Crippen LogP contribution in [0.15, 0.2) is 71.6 Å². The Kier molecular flexibility index (Phi) is 8.21. The molecule has 0 aliphatic carbocycles. The Morgan fingerprint density at radius 1 is 0.914 bits per heavy atom. The van der Waals surface area contributed by atoms with Crippen molar-refractivity contribution in [2.75, 3.05) is 0 Å². The number of sulfonamides is 1. The zero-order valence-electron chi connectivity index (χ0n) is 19.3. The normalized spacial score (nSPS) is 13.1. The highest BCUT2D eigenvalue weighted by molar-refractivity contribution is 7.89. The minimum atomic E-state index is -4.16. The summed E-state index contributed by atoms with van der Waals surface area (Å²) in [5.41, 5.74) is 1.73. The van der Waals surface area contributed by atoms with E-state index in [4.69, 9.17) is 0 Å². The zero-order chi connectivity index (χ0) is 25.6. The van der Waals surface area contributed by atoms with Crippen molar-refractivity contribution in [1.29, 1.82) is 0 Å². The molecule has 2 amide bonds. The van der Waals surface area contributed by atoms with Gasteiger partial charge in [-0.15, -0.1) is 0 Å². The van der Waals surface area contributed by atoms with E-state index >= 15 is 0 Å². The number of hydrogen-bond donors (Lipinski definition) is 4. The number of carboxylic acids is 1. The maximum absolute atomic E-state index is 12.7. The average molecular weight is 498 g/mol. The lowest BCUT2D eigenvalue weighted by Gasteiger charge is -2.20. The summed E-state index contributed by atoms with van der Waals surface area (Å²) in [6, 6.07) is 16.7. The van der Waals surface area contributed by atoms with Gasteiger partial charge in [0.2, 0.25) is 21.8 Å². The minimum absolute atomic E-state index is 0.104. The fraction of sp³-hybridized carbons (Fsp3) is 0.240. The van der Waals surface area contributed by atoms with E-state index in [2.05, 4.69) is 15.4 Å². The van der Waals surface area contributed by atoms with E-state index in [1.54, 1.807) is 19.1 Å². The van der Waals surface area contributed by atoms with Crippen LogP contribution in [0.5, 0.6) is 0 Å². The Morgan fingerprint density at radius 3 is 2.26 bits per heavy atom. The van der Waals surface area contributed by atoms with Crippen molar-refractivity contribution in [3.8, 4) is 0 Å². The first-order valence-electron chi connectivity index (χ1n) is 10.9. The molecule has 3 aromatic carbocycles. The molecule has 0 spiro atoms. The van der Waals surface area contributed by atoms with E-state index in [9.17, 15) is 27.9 Å². The second-order valence-corrected chi connectivity index (χ2v) is 9.89. The van der Waals surface area contributed by atoms with Gasteiger partial charge in [0, 0.05) is 6.54 Å². The van der Waals surface area contributed by atoms with E-state index in [-0.39, 0.29) is 11.4 Å². The highest BCUT2D eigenvalue weighted by atomic mass is 32.2. The summed E-state index contributed by atoms with van der Waals surface area (Å²) in [4.78, 5) is 36.5. The zero-order valence-corrected chi connectivity index (χ0v) is 20.1. The number of carboxylic acid groups (broad SMARTS) is 1. The van der Waals surface area contributed by atoms with Gasteiger partial charge in [-0.1, -0.05) is 60.2 Å². The molecule has 35 heavy (non-hydrogen) atoms. The van der Waals surface area contributed by atoms with Crippen molar-refractivity contribution in [3.63, 3.8) is 0 Å². The lowest BCUT2D eigenvalue weighted by atomic mass is 10.0.